The third-order valence-corrected chi connectivity index (χ3v) is 5.27. The molecule has 0 aliphatic rings. The molecule has 0 amide bonds. The van der Waals surface area contributed by atoms with Crippen molar-refractivity contribution in [2.24, 2.45) is 0 Å². The first-order chi connectivity index (χ1) is 13.6. The Labute approximate surface area is 168 Å². The molecular weight excluding hydrogens is 342 g/mol. The Morgan fingerprint density at radius 1 is 1.14 bits per heavy atom. The number of H-pyrrole nitrogens is 1. The third kappa shape index (κ3) is 4.55. The normalized spacial score (nSPS) is 12.1. The molecule has 146 valence electrons. The first kappa shape index (κ1) is 20.0. The van der Waals surface area contributed by atoms with E-state index in [1.807, 2.05) is 13.1 Å². The quantitative estimate of drug-likeness (QED) is 0.420. The summed E-state index contributed by atoms with van der Waals surface area (Å²) >= 11 is 0. The van der Waals surface area contributed by atoms with E-state index in [2.05, 4.69) is 84.2 Å². The first-order valence-corrected chi connectivity index (χ1v) is 10.0. The topological polar surface area (TPSA) is 39.8 Å². The molecule has 0 aliphatic carbocycles. The second-order valence-corrected chi connectivity index (χ2v) is 7.32. The Morgan fingerprint density at radius 2 is 1.93 bits per heavy atom. The second kappa shape index (κ2) is 9.43. The van der Waals surface area contributed by atoms with Crippen LogP contribution in [0.5, 0.6) is 0 Å². The lowest BCUT2D eigenvalue weighted by Crippen LogP contribution is -2.29. The van der Waals surface area contributed by atoms with Crippen molar-refractivity contribution >= 4 is 10.9 Å². The van der Waals surface area contributed by atoms with Crippen molar-refractivity contribution in [3.63, 3.8) is 0 Å². The smallest absolute Gasteiger partial charge is 0.0497 e. The van der Waals surface area contributed by atoms with Gasteiger partial charge in [-0.3, -0.25) is 0 Å². The highest BCUT2D eigenvalue weighted by Gasteiger charge is 2.15. The highest BCUT2D eigenvalue weighted by molar-refractivity contribution is 5.92. The van der Waals surface area contributed by atoms with Gasteiger partial charge in [-0.1, -0.05) is 61.2 Å². The van der Waals surface area contributed by atoms with E-state index in [1.54, 1.807) is 0 Å². The zero-order chi connectivity index (χ0) is 19.9. The number of benzene rings is 2. The van der Waals surface area contributed by atoms with E-state index >= 15 is 0 Å². The summed E-state index contributed by atoms with van der Waals surface area (Å²) in [5, 5.41) is 8.02. The van der Waals surface area contributed by atoms with Crippen molar-refractivity contribution in [2.75, 3.05) is 13.6 Å². The fraction of sp³-hybridized carbons (Fsp3) is 0.280. The lowest BCUT2D eigenvalue weighted by atomic mass is 9.99. The Bertz CT molecular complexity index is 937. The molecule has 1 aromatic heterocycles. The van der Waals surface area contributed by atoms with Gasteiger partial charge >= 0.3 is 0 Å². The van der Waals surface area contributed by atoms with Gasteiger partial charge < -0.3 is 15.6 Å². The van der Waals surface area contributed by atoms with Gasteiger partial charge in [-0.2, -0.15) is 0 Å². The molecule has 3 N–H and O–H groups in total. The fourth-order valence-electron chi connectivity index (χ4n) is 3.69. The molecule has 3 aromatic rings. The second-order valence-electron chi connectivity index (χ2n) is 7.32. The summed E-state index contributed by atoms with van der Waals surface area (Å²) in [5.41, 5.74) is 7.36. The summed E-state index contributed by atoms with van der Waals surface area (Å²) in [5.74, 6) is 0. The van der Waals surface area contributed by atoms with Crippen LogP contribution >= 0.6 is 0 Å². The molecule has 1 heterocycles. The van der Waals surface area contributed by atoms with Gasteiger partial charge in [0, 0.05) is 28.3 Å². The zero-order valence-corrected chi connectivity index (χ0v) is 17.0. The number of aromatic nitrogens is 1. The molecule has 3 heteroatoms. The van der Waals surface area contributed by atoms with Gasteiger partial charge in [-0.05, 0) is 56.5 Å². The lowest BCUT2D eigenvalue weighted by molar-refractivity contribution is 0.580. The number of rotatable bonds is 10. The third-order valence-electron chi connectivity index (χ3n) is 5.27. The Kier molecular flexibility index (Phi) is 6.72. The van der Waals surface area contributed by atoms with Crippen LogP contribution in [0, 0.1) is 6.92 Å². The molecule has 2 aromatic carbocycles. The van der Waals surface area contributed by atoms with E-state index in [0.717, 1.165) is 31.5 Å². The molecule has 28 heavy (non-hydrogen) atoms. The Balaban J connectivity index is 1.83. The van der Waals surface area contributed by atoms with Gasteiger partial charge in [0.2, 0.25) is 0 Å². The standard InChI is InChI=1S/C25H31N3/c1-5-21(16-17-26-4)27-19(3)14-15-23-22-13-9-10-18(2)24(22)28-25(23)20-11-7-6-8-12-20/h5-13,21,26-28H,1,3,14-17H2,2,4H3. The highest BCUT2D eigenvalue weighted by Crippen LogP contribution is 2.33. The average Bonchev–Trinajstić information content (AvgIpc) is 3.10. The van der Waals surface area contributed by atoms with Crippen LogP contribution in [0.25, 0.3) is 22.2 Å². The summed E-state index contributed by atoms with van der Waals surface area (Å²) in [7, 11) is 1.97. The summed E-state index contributed by atoms with van der Waals surface area (Å²) in [6, 6.07) is 17.3. The van der Waals surface area contributed by atoms with Crippen LogP contribution in [0.1, 0.15) is 24.0 Å². The monoisotopic (exact) mass is 373 g/mol. The number of nitrogens with one attached hydrogen (secondary N) is 3. The van der Waals surface area contributed by atoms with E-state index in [9.17, 15) is 0 Å². The van der Waals surface area contributed by atoms with Crippen LogP contribution < -0.4 is 10.6 Å². The molecule has 1 atom stereocenters. The molecule has 0 saturated carbocycles. The molecule has 3 nitrogen and oxygen atoms in total. The van der Waals surface area contributed by atoms with Crippen molar-refractivity contribution in [3.8, 4) is 11.3 Å². The molecule has 0 spiro atoms. The fourth-order valence-corrected chi connectivity index (χ4v) is 3.69. The van der Waals surface area contributed by atoms with Gasteiger partial charge in [-0.15, -0.1) is 6.58 Å². The van der Waals surface area contributed by atoms with Crippen molar-refractivity contribution in [2.45, 2.75) is 32.2 Å². The molecular formula is C25H31N3. The van der Waals surface area contributed by atoms with E-state index in [1.165, 1.54) is 33.3 Å². The molecule has 0 bridgehead atoms. The summed E-state index contributed by atoms with van der Waals surface area (Å²) < 4.78 is 0. The molecule has 0 aliphatic heterocycles. The number of allylic oxidation sites excluding steroid dienone is 1. The summed E-state index contributed by atoms with van der Waals surface area (Å²) in [6.07, 6.45) is 4.80. The first-order valence-electron chi connectivity index (χ1n) is 10.0. The molecule has 0 fully saturated rings. The number of para-hydroxylation sites is 1. The predicted molar refractivity (Wildman–Crippen MR) is 122 cm³/mol. The van der Waals surface area contributed by atoms with Gasteiger partial charge in [0.05, 0.1) is 0 Å². The van der Waals surface area contributed by atoms with Crippen LogP contribution in [0.4, 0.5) is 0 Å². The van der Waals surface area contributed by atoms with E-state index in [0.29, 0.717) is 0 Å². The van der Waals surface area contributed by atoms with Crippen molar-refractivity contribution < 1.29 is 0 Å². The van der Waals surface area contributed by atoms with E-state index in [4.69, 9.17) is 0 Å². The number of fused-ring (bicyclic) bond motifs is 1. The van der Waals surface area contributed by atoms with Gasteiger partial charge in [0.25, 0.3) is 0 Å². The van der Waals surface area contributed by atoms with Crippen LogP contribution in [-0.4, -0.2) is 24.6 Å². The number of hydrogen-bond donors (Lipinski definition) is 3. The van der Waals surface area contributed by atoms with Crippen LogP contribution in [0.3, 0.4) is 0 Å². The van der Waals surface area contributed by atoms with E-state index < -0.39 is 0 Å². The molecule has 0 saturated heterocycles. The Morgan fingerprint density at radius 3 is 2.64 bits per heavy atom. The maximum atomic E-state index is 4.26. The van der Waals surface area contributed by atoms with Crippen molar-refractivity contribution in [3.05, 3.63) is 84.6 Å². The summed E-state index contributed by atoms with van der Waals surface area (Å²) in [4.78, 5) is 3.68. The minimum atomic E-state index is 0.249. The van der Waals surface area contributed by atoms with Crippen LogP contribution in [0.15, 0.2) is 73.5 Å². The average molecular weight is 374 g/mol. The van der Waals surface area contributed by atoms with Crippen LogP contribution in [0.2, 0.25) is 0 Å². The molecule has 3 rings (SSSR count). The maximum Gasteiger partial charge on any atom is 0.0497 e. The van der Waals surface area contributed by atoms with Crippen molar-refractivity contribution in [1.82, 2.24) is 15.6 Å². The molecule has 0 radical (unpaired) electrons. The van der Waals surface area contributed by atoms with Crippen molar-refractivity contribution in [1.29, 1.82) is 0 Å². The van der Waals surface area contributed by atoms with Gasteiger partial charge in [0.1, 0.15) is 0 Å². The lowest BCUT2D eigenvalue weighted by Gasteiger charge is -2.18. The minimum absolute atomic E-state index is 0.249. The zero-order valence-electron chi connectivity index (χ0n) is 17.0. The predicted octanol–water partition coefficient (Wildman–Crippen LogP) is 5.34. The minimum Gasteiger partial charge on any atom is -0.383 e. The largest absolute Gasteiger partial charge is 0.383 e. The SMILES string of the molecule is C=CC(CCNC)NC(=C)CCc1c(-c2ccccc2)[nH]c2c(C)cccc12. The number of hydrogen-bond acceptors (Lipinski definition) is 2. The Hall–Kier alpha value is -2.78. The van der Waals surface area contributed by atoms with Gasteiger partial charge in [-0.25, -0.2) is 0 Å². The van der Waals surface area contributed by atoms with E-state index in [-0.39, 0.29) is 6.04 Å². The number of aryl methyl sites for hydroxylation is 2. The van der Waals surface area contributed by atoms with Crippen LogP contribution in [-0.2, 0) is 6.42 Å². The summed E-state index contributed by atoms with van der Waals surface area (Å²) in [6.45, 7) is 11.3. The van der Waals surface area contributed by atoms with Gasteiger partial charge in [0.15, 0.2) is 0 Å². The number of aromatic amines is 1. The molecule has 1 unspecified atom stereocenters. The highest BCUT2D eigenvalue weighted by atomic mass is 14.9. The maximum absolute atomic E-state index is 4.26.